The van der Waals surface area contributed by atoms with Crippen LogP contribution in [0.3, 0.4) is 0 Å². The maximum Gasteiger partial charge on any atom is 0.325 e. The second kappa shape index (κ2) is 9.94. The summed E-state index contributed by atoms with van der Waals surface area (Å²) in [6.07, 6.45) is 1.15. The van der Waals surface area contributed by atoms with Crippen molar-refractivity contribution in [1.29, 1.82) is 0 Å². The van der Waals surface area contributed by atoms with Gasteiger partial charge in [-0.2, -0.15) is 5.10 Å². The Morgan fingerprint density at radius 2 is 1.84 bits per heavy atom. The first-order valence-electron chi connectivity index (χ1n) is 8.79. The van der Waals surface area contributed by atoms with Gasteiger partial charge in [-0.3, -0.25) is 20.2 Å². The zero-order valence-corrected chi connectivity index (χ0v) is 16.9. The number of non-ortho nitro benzene ring substituents is 1. The van der Waals surface area contributed by atoms with Gasteiger partial charge in [0, 0.05) is 17.8 Å². The zero-order valence-electron chi connectivity index (χ0n) is 16.1. The molecule has 0 aliphatic rings. The van der Waals surface area contributed by atoms with Crippen molar-refractivity contribution < 1.29 is 24.7 Å². The van der Waals surface area contributed by atoms with Crippen molar-refractivity contribution in [2.45, 2.75) is 6.42 Å². The van der Waals surface area contributed by atoms with Crippen LogP contribution in [0.15, 0.2) is 47.6 Å². The van der Waals surface area contributed by atoms with E-state index in [0.717, 1.165) is 11.3 Å². The largest absolute Gasteiger partial charge is 0.504 e. The molecule has 0 saturated carbocycles. The molecule has 164 valence electrons. The Bertz CT molecular complexity index is 1180. The molecule has 5 N–H and O–H groups in total. The number of carbonyl (C=O) groups is 2. The van der Waals surface area contributed by atoms with Crippen LogP contribution in [0.1, 0.15) is 10.6 Å². The second-order valence-electron chi connectivity index (χ2n) is 6.10. The number of nitro benzene ring substituents is 1. The topological polar surface area (TPSA) is 192 Å². The predicted octanol–water partition coefficient (Wildman–Crippen LogP) is 2.19. The minimum Gasteiger partial charge on any atom is -0.504 e. The highest BCUT2D eigenvalue weighted by Gasteiger charge is 2.12. The van der Waals surface area contributed by atoms with E-state index in [2.05, 4.69) is 31.4 Å². The third kappa shape index (κ3) is 6.20. The molecular formula is C18H15N7O6S. The lowest BCUT2D eigenvalue weighted by molar-refractivity contribution is -0.384. The van der Waals surface area contributed by atoms with Crippen LogP contribution in [0.2, 0.25) is 0 Å². The monoisotopic (exact) mass is 457 g/mol. The summed E-state index contributed by atoms with van der Waals surface area (Å²) >= 11 is 0.983. The number of nitrogens with zero attached hydrogens (tertiary/aromatic N) is 4. The standard InChI is InChI=1S/C18H15N7O6S/c26-13-6-1-10(7-14(13)27)9-19-22-15(28)8-16-23-24-18(32-16)21-17(29)20-11-2-4-12(5-3-11)25(30)31/h1-7,9,26-27H,8H2,(H,22,28)(H2,20,21,24,29)/b19-9-. The molecular weight excluding hydrogens is 442 g/mol. The van der Waals surface area contributed by atoms with E-state index in [1.807, 2.05) is 0 Å². The molecule has 0 fully saturated rings. The van der Waals surface area contributed by atoms with Crippen molar-refractivity contribution in [3.8, 4) is 11.5 Å². The fourth-order valence-corrected chi connectivity index (χ4v) is 3.01. The van der Waals surface area contributed by atoms with E-state index in [4.69, 9.17) is 0 Å². The number of amides is 3. The molecule has 2 aromatic carbocycles. The summed E-state index contributed by atoms with van der Waals surface area (Å²) in [6.45, 7) is 0. The fourth-order valence-electron chi connectivity index (χ4n) is 2.28. The molecule has 0 spiro atoms. The second-order valence-corrected chi connectivity index (χ2v) is 7.16. The van der Waals surface area contributed by atoms with Gasteiger partial charge in [-0.15, -0.1) is 10.2 Å². The van der Waals surface area contributed by atoms with E-state index in [9.17, 15) is 29.9 Å². The lowest BCUT2D eigenvalue weighted by Crippen LogP contribution is -2.19. The van der Waals surface area contributed by atoms with Gasteiger partial charge in [-0.25, -0.2) is 10.2 Å². The number of phenolic OH excluding ortho intramolecular Hbond substituents is 2. The summed E-state index contributed by atoms with van der Waals surface area (Å²) in [4.78, 5) is 34.0. The number of nitrogens with one attached hydrogen (secondary N) is 3. The molecule has 1 aromatic heterocycles. The van der Waals surface area contributed by atoms with Gasteiger partial charge in [-0.05, 0) is 35.9 Å². The molecule has 3 rings (SSSR count). The van der Waals surface area contributed by atoms with Crippen LogP contribution < -0.4 is 16.1 Å². The van der Waals surface area contributed by atoms with Gasteiger partial charge in [-0.1, -0.05) is 11.3 Å². The average molecular weight is 457 g/mol. The van der Waals surface area contributed by atoms with Gasteiger partial charge in [0.2, 0.25) is 11.0 Å². The van der Waals surface area contributed by atoms with E-state index >= 15 is 0 Å². The Hall–Kier alpha value is -4.59. The summed E-state index contributed by atoms with van der Waals surface area (Å²) in [7, 11) is 0. The first kappa shape index (κ1) is 22.1. The number of benzene rings is 2. The molecule has 0 atom stereocenters. The minimum absolute atomic E-state index is 0.103. The van der Waals surface area contributed by atoms with Crippen molar-refractivity contribution in [2.24, 2.45) is 5.10 Å². The van der Waals surface area contributed by atoms with Crippen LogP contribution in [0.25, 0.3) is 0 Å². The van der Waals surface area contributed by atoms with Crippen molar-refractivity contribution in [3.63, 3.8) is 0 Å². The van der Waals surface area contributed by atoms with E-state index in [0.29, 0.717) is 16.3 Å². The van der Waals surface area contributed by atoms with Gasteiger partial charge in [0.05, 0.1) is 17.6 Å². The van der Waals surface area contributed by atoms with E-state index < -0.39 is 16.9 Å². The lowest BCUT2D eigenvalue weighted by Gasteiger charge is -2.04. The smallest absolute Gasteiger partial charge is 0.325 e. The molecule has 1 heterocycles. The third-order valence-electron chi connectivity index (χ3n) is 3.74. The highest BCUT2D eigenvalue weighted by atomic mass is 32.1. The number of hydrogen-bond acceptors (Lipinski definition) is 10. The molecule has 0 radical (unpaired) electrons. The first-order valence-corrected chi connectivity index (χ1v) is 9.60. The fraction of sp³-hybridized carbons (Fsp3) is 0.0556. The quantitative estimate of drug-likeness (QED) is 0.154. The van der Waals surface area contributed by atoms with Crippen molar-refractivity contribution in [1.82, 2.24) is 15.6 Å². The van der Waals surface area contributed by atoms with E-state index in [1.165, 1.54) is 48.7 Å². The molecule has 0 bridgehead atoms. The normalized spacial score (nSPS) is 10.6. The van der Waals surface area contributed by atoms with Crippen LogP contribution in [0, 0.1) is 10.1 Å². The maximum absolute atomic E-state index is 12.0. The average Bonchev–Trinajstić information content (AvgIpc) is 3.17. The number of hydrogen-bond donors (Lipinski definition) is 5. The molecule has 14 heteroatoms. The van der Waals surface area contributed by atoms with Crippen LogP contribution >= 0.6 is 11.3 Å². The first-order chi connectivity index (χ1) is 15.3. The maximum atomic E-state index is 12.0. The van der Waals surface area contributed by atoms with Crippen LogP contribution in [0.4, 0.5) is 21.3 Å². The van der Waals surface area contributed by atoms with Gasteiger partial charge in [0.1, 0.15) is 5.01 Å². The van der Waals surface area contributed by atoms with Crippen molar-refractivity contribution in [2.75, 3.05) is 10.6 Å². The van der Waals surface area contributed by atoms with Gasteiger partial charge < -0.3 is 15.5 Å². The van der Waals surface area contributed by atoms with Crippen molar-refractivity contribution in [3.05, 3.63) is 63.1 Å². The summed E-state index contributed by atoms with van der Waals surface area (Å²) in [5, 5.41) is 46.0. The Morgan fingerprint density at radius 1 is 1.09 bits per heavy atom. The molecule has 3 amide bonds. The predicted molar refractivity (Wildman–Crippen MR) is 115 cm³/mol. The number of urea groups is 1. The molecule has 32 heavy (non-hydrogen) atoms. The summed E-state index contributed by atoms with van der Waals surface area (Å²) < 4.78 is 0. The summed E-state index contributed by atoms with van der Waals surface area (Å²) in [5.74, 6) is -1.07. The van der Waals surface area contributed by atoms with Crippen molar-refractivity contribution >= 4 is 46.0 Å². The number of aromatic nitrogens is 2. The Labute approximate surface area is 183 Å². The van der Waals surface area contributed by atoms with Crippen LogP contribution in [-0.2, 0) is 11.2 Å². The Morgan fingerprint density at radius 3 is 2.53 bits per heavy atom. The summed E-state index contributed by atoms with van der Waals surface area (Å²) in [5.41, 5.74) is 2.99. The number of carbonyl (C=O) groups excluding carboxylic acids is 2. The third-order valence-corrected chi connectivity index (χ3v) is 4.58. The lowest BCUT2D eigenvalue weighted by atomic mass is 10.2. The molecule has 0 aliphatic carbocycles. The Kier molecular flexibility index (Phi) is 6.87. The van der Waals surface area contributed by atoms with Crippen LogP contribution in [0.5, 0.6) is 11.5 Å². The van der Waals surface area contributed by atoms with E-state index in [1.54, 1.807) is 0 Å². The minimum atomic E-state index is -0.632. The highest BCUT2D eigenvalue weighted by molar-refractivity contribution is 7.15. The SMILES string of the molecule is O=C(Cc1nnc(NC(=O)Nc2ccc([N+](=O)[O-])cc2)s1)N/N=C\c1ccc(O)c(O)c1. The number of nitro groups is 1. The van der Waals surface area contributed by atoms with Gasteiger partial charge in [0.15, 0.2) is 11.5 Å². The number of phenols is 2. The molecule has 0 aliphatic heterocycles. The van der Waals surface area contributed by atoms with Crippen LogP contribution in [-0.4, -0.2) is 43.5 Å². The van der Waals surface area contributed by atoms with Gasteiger partial charge in [0.25, 0.3) is 5.69 Å². The van der Waals surface area contributed by atoms with Gasteiger partial charge >= 0.3 is 6.03 Å². The van der Waals surface area contributed by atoms with E-state index in [-0.39, 0.29) is 28.7 Å². The zero-order chi connectivity index (χ0) is 23.1. The number of rotatable bonds is 7. The summed E-state index contributed by atoms with van der Waals surface area (Å²) in [6, 6.07) is 8.69. The number of aromatic hydroxyl groups is 2. The molecule has 0 unspecified atom stereocenters. The molecule has 13 nitrogen and oxygen atoms in total. The number of anilines is 2. The highest BCUT2D eigenvalue weighted by Crippen LogP contribution is 2.24. The Balaban J connectivity index is 1.47. The molecule has 0 saturated heterocycles. The molecule has 3 aromatic rings. The number of hydrazone groups is 1.